The van der Waals surface area contributed by atoms with Crippen LogP contribution in [0.2, 0.25) is 0 Å². The summed E-state index contributed by atoms with van der Waals surface area (Å²) in [6.07, 6.45) is 3.43. The Balaban J connectivity index is 1.80. The number of hydrogen-bond acceptors (Lipinski definition) is 2. The van der Waals surface area contributed by atoms with Gasteiger partial charge >= 0.3 is 0 Å². The van der Waals surface area contributed by atoms with E-state index in [1.165, 1.54) is 16.5 Å². The topological polar surface area (TPSA) is 26.2 Å². The quantitative estimate of drug-likeness (QED) is 0.850. The number of rotatable bonds is 2. The van der Waals surface area contributed by atoms with E-state index >= 15 is 0 Å². The van der Waals surface area contributed by atoms with Gasteiger partial charge in [-0.2, -0.15) is 0 Å². The van der Waals surface area contributed by atoms with E-state index in [4.69, 9.17) is 4.74 Å². The number of aromatic nitrogens is 1. The number of benzene rings is 1. The van der Waals surface area contributed by atoms with Crippen molar-refractivity contribution >= 4 is 10.9 Å². The first-order valence-electron chi connectivity index (χ1n) is 6.19. The minimum absolute atomic E-state index is 0.324. The van der Waals surface area contributed by atoms with Crippen molar-refractivity contribution < 1.29 is 4.74 Å². The number of fused-ring (bicyclic) bond motifs is 1. The van der Waals surface area contributed by atoms with Crippen molar-refractivity contribution in [3.8, 4) is 0 Å². The monoisotopic (exact) mass is 230 g/mol. The van der Waals surface area contributed by atoms with Crippen molar-refractivity contribution in [2.75, 3.05) is 19.7 Å². The third-order valence-electron chi connectivity index (χ3n) is 3.42. The van der Waals surface area contributed by atoms with Crippen molar-refractivity contribution in [1.29, 1.82) is 0 Å². The van der Waals surface area contributed by atoms with Crippen molar-refractivity contribution in [3.05, 3.63) is 36.0 Å². The van der Waals surface area contributed by atoms with Crippen LogP contribution in [0.25, 0.3) is 10.9 Å². The highest BCUT2D eigenvalue weighted by Gasteiger charge is 2.14. The second kappa shape index (κ2) is 4.51. The molecule has 0 radical (unpaired) electrons. The number of nitrogens with zero attached hydrogens (tertiary/aromatic N) is 1. The van der Waals surface area contributed by atoms with Gasteiger partial charge < -0.3 is 14.6 Å². The molecule has 3 nitrogen and oxygen atoms in total. The maximum absolute atomic E-state index is 5.73. The van der Waals surface area contributed by atoms with Gasteiger partial charge in [0.15, 0.2) is 0 Å². The highest BCUT2D eigenvalue weighted by molar-refractivity contribution is 5.80. The lowest BCUT2D eigenvalue weighted by Gasteiger charge is -2.23. The van der Waals surface area contributed by atoms with Crippen LogP contribution in [0.5, 0.6) is 0 Å². The Bertz CT molecular complexity index is 512. The second-order valence-corrected chi connectivity index (χ2v) is 4.72. The van der Waals surface area contributed by atoms with Gasteiger partial charge in [-0.1, -0.05) is 6.07 Å². The zero-order valence-corrected chi connectivity index (χ0v) is 10.1. The Morgan fingerprint density at radius 1 is 1.41 bits per heavy atom. The van der Waals surface area contributed by atoms with Gasteiger partial charge in [-0.3, -0.25) is 0 Å². The summed E-state index contributed by atoms with van der Waals surface area (Å²) < 4.78 is 7.88. The number of ether oxygens (including phenoxy) is 1. The maximum Gasteiger partial charge on any atom is 0.0740 e. The maximum atomic E-state index is 5.73. The summed E-state index contributed by atoms with van der Waals surface area (Å²) in [6, 6.07) is 8.84. The van der Waals surface area contributed by atoms with Crippen molar-refractivity contribution in [3.63, 3.8) is 0 Å². The summed E-state index contributed by atoms with van der Waals surface area (Å²) in [5, 5.41) is 4.68. The minimum Gasteiger partial charge on any atom is -0.375 e. The van der Waals surface area contributed by atoms with Crippen LogP contribution < -0.4 is 5.32 Å². The summed E-state index contributed by atoms with van der Waals surface area (Å²) in [5.41, 5.74) is 2.65. The molecule has 1 N–H and O–H groups in total. The molecule has 3 heteroatoms. The molecule has 3 rings (SSSR count). The molecule has 1 aliphatic heterocycles. The van der Waals surface area contributed by atoms with Gasteiger partial charge in [-0.05, 0) is 35.6 Å². The van der Waals surface area contributed by atoms with Gasteiger partial charge in [-0.25, -0.2) is 0 Å². The Morgan fingerprint density at radius 3 is 3.18 bits per heavy atom. The fraction of sp³-hybridized carbons (Fsp3) is 0.429. The molecule has 0 aliphatic carbocycles. The largest absolute Gasteiger partial charge is 0.375 e. The lowest BCUT2D eigenvalue weighted by molar-refractivity contribution is 0.0292. The number of morpholine rings is 1. The number of nitrogens with one attached hydrogen (secondary N) is 1. The van der Waals surface area contributed by atoms with E-state index in [1.54, 1.807) is 0 Å². The molecular formula is C14H18N2O. The lowest BCUT2D eigenvalue weighted by atomic mass is 10.1. The predicted molar refractivity (Wildman–Crippen MR) is 69.2 cm³/mol. The minimum atomic E-state index is 0.324. The SMILES string of the molecule is Cn1ccc2cc(CC3CNCCO3)ccc21. The molecule has 2 aromatic rings. The van der Waals surface area contributed by atoms with Gasteiger partial charge in [0.05, 0.1) is 12.7 Å². The molecule has 1 fully saturated rings. The van der Waals surface area contributed by atoms with Crippen LogP contribution in [0, 0.1) is 0 Å². The van der Waals surface area contributed by atoms with Gasteiger partial charge in [0, 0.05) is 31.9 Å². The summed E-state index contributed by atoms with van der Waals surface area (Å²) >= 11 is 0. The Hall–Kier alpha value is -1.32. The van der Waals surface area contributed by atoms with E-state index in [9.17, 15) is 0 Å². The van der Waals surface area contributed by atoms with Gasteiger partial charge in [0.2, 0.25) is 0 Å². The zero-order chi connectivity index (χ0) is 11.7. The van der Waals surface area contributed by atoms with Crippen molar-refractivity contribution in [2.45, 2.75) is 12.5 Å². The molecular weight excluding hydrogens is 212 g/mol. The first-order chi connectivity index (χ1) is 8.33. The van der Waals surface area contributed by atoms with Crippen LogP contribution in [0.4, 0.5) is 0 Å². The number of aryl methyl sites for hydroxylation is 1. The van der Waals surface area contributed by atoms with E-state index in [-0.39, 0.29) is 0 Å². The molecule has 1 unspecified atom stereocenters. The molecule has 0 saturated carbocycles. The third-order valence-corrected chi connectivity index (χ3v) is 3.42. The molecule has 1 saturated heterocycles. The highest BCUT2D eigenvalue weighted by Crippen LogP contribution is 2.18. The number of hydrogen-bond donors (Lipinski definition) is 1. The van der Waals surface area contributed by atoms with E-state index in [1.807, 2.05) is 0 Å². The average molecular weight is 230 g/mol. The zero-order valence-electron chi connectivity index (χ0n) is 10.1. The van der Waals surface area contributed by atoms with Crippen LogP contribution in [-0.2, 0) is 18.2 Å². The molecule has 2 heterocycles. The van der Waals surface area contributed by atoms with Crippen LogP contribution in [0.1, 0.15) is 5.56 Å². The van der Waals surface area contributed by atoms with Gasteiger partial charge in [0.25, 0.3) is 0 Å². The fourth-order valence-electron chi connectivity index (χ4n) is 2.47. The summed E-state index contributed by atoms with van der Waals surface area (Å²) in [4.78, 5) is 0. The van der Waals surface area contributed by atoms with Gasteiger partial charge in [0.1, 0.15) is 0 Å². The summed E-state index contributed by atoms with van der Waals surface area (Å²) in [5.74, 6) is 0. The molecule has 90 valence electrons. The third kappa shape index (κ3) is 2.21. The highest BCUT2D eigenvalue weighted by atomic mass is 16.5. The molecule has 1 aliphatic rings. The second-order valence-electron chi connectivity index (χ2n) is 4.72. The summed E-state index contributed by atoms with van der Waals surface area (Å²) in [7, 11) is 2.08. The van der Waals surface area contributed by atoms with Crippen LogP contribution in [0.3, 0.4) is 0 Å². The standard InChI is InChI=1S/C14H18N2O/c1-16-6-4-12-8-11(2-3-14(12)16)9-13-10-15-5-7-17-13/h2-4,6,8,13,15H,5,7,9-10H2,1H3. The molecule has 1 aromatic carbocycles. The fourth-order valence-corrected chi connectivity index (χ4v) is 2.47. The van der Waals surface area contributed by atoms with Crippen LogP contribution >= 0.6 is 0 Å². The lowest BCUT2D eigenvalue weighted by Crippen LogP contribution is -2.39. The van der Waals surface area contributed by atoms with Crippen LogP contribution in [0.15, 0.2) is 30.5 Å². The smallest absolute Gasteiger partial charge is 0.0740 e. The van der Waals surface area contributed by atoms with E-state index in [0.717, 1.165) is 26.1 Å². The van der Waals surface area contributed by atoms with Crippen LogP contribution in [-0.4, -0.2) is 30.4 Å². The summed E-state index contributed by atoms with van der Waals surface area (Å²) in [6.45, 7) is 2.78. The first-order valence-corrected chi connectivity index (χ1v) is 6.19. The Labute approximate surface area is 101 Å². The van der Waals surface area contributed by atoms with E-state index < -0.39 is 0 Å². The predicted octanol–water partition coefficient (Wildman–Crippen LogP) is 1.71. The Morgan fingerprint density at radius 2 is 2.35 bits per heavy atom. The molecule has 0 spiro atoms. The molecule has 0 bridgehead atoms. The molecule has 0 amide bonds. The molecule has 1 atom stereocenters. The molecule has 1 aromatic heterocycles. The van der Waals surface area contributed by atoms with Gasteiger partial charge in [-0.15, -0.1) is 0 Å². The first kappa shape index (κ1) is 10.8. The van der Waals surface area contributed by atoms with Crippen molar-refractivity contribution in [1.82, 2.24) is 9.88 Å². The Kier molecular flexibility index (Phi) is 2.87. The average Bonchev–Trinajstić information content (AvgIpc) is 2.72. The van der Waals surface area contributed by atoms with E-state index in [2.05, 4.69) is 47.4 Å². The normalized spacial score (nSPS) is 20.9. The van der Waals surface area contributed by atoms with E-state index in [0.29, 0.717) is 6.10 Å². The molecule has 17 heavy (non-hydrogen) atoms. The van der Waals surface area contributed by atoms with Crippen molar-refractivity contribution in [2.24, 2.45) is 7.05 Å².